The predicted octanol–water partition coefficient (Wildman–Crippen LogP) is 4.68. The van der Waals surface area contributed by atoms with E-state index in [1.807, 2.05) is 19.1 Å². The lowest BCUT2D eigenvalue weighted by Gasteiger charge is -2.18. The van der Waals surface area contributed by atoms with Gasteiger partial charge in [-0.15, -0.1) is 0 Å². The van der Waals surface area contributed by atoms with Gasteiger partial charge in [-0.3, -0.25) is 4.79 Å². The Bertz CT molecular complexity index is 959. The Balaban J connectivity index is 2.76. The molecule has 0 unspecified atom stereocenters. The Labute approximate surface area is 149 Å². The summed E-state index contributed by atoms with van der Waals surface area (Å²) in [5.74, 6) is 0. The van der Waals surface area contributed by atoms with Crippen molar-refractivity contribution in [3.05, 3.63) is 87.4 Å². The molecule has 2 aromatic rings. The Morgan fingerprint density at radius 1 is 1.31 bits per heavy atom. The highest BCUT2D eigenvalue weighted by molar-refractivity contribution is 5.71. The first-order valence-corrected chi connectivity index (χ1v) is 7.81. The van der Waals surface area contributed by atoms with Crippen molar-refractivity contribution in [2.24, 2.45) is 0 Å². The maximum absolute atomic E-state index is 13.3. The van der Waals surface area contributed by atoms with Crippen molar-refractivity contribution in [1.29, 1.82) is 5.26 Å². The second-order valence-corrected chi connectivity index (χ2v) is 5.83. The molecule has 0 saturated heterocycles. The highest BCUT2D eigenvalue weighted by atomic mass is 19.4. The maximum Gasteiger partial charge on any atom is 0.417 e. The monoisotopic (exact) mass is 358 g/mol. The summed E-state index contributed by atoms with van der Waals surface area (Å²) in [5, 5.41) is 9.12. The van der Waals surface area contributed by atoms with Crippen LogP contribution < -0.4 is 5.56 Å². The summed E-state index contributed by atoms with van der Waals surface area (Å²) in [6, 6.07) is 9.48. The molecule has 0 radical (unpaired) electrons. The number of pyridine rings is 1. The SMILES string of the molecule is C=C(C=CC)c1cc(C(F)(F)F)c(C#N)c(=O)n1Cc1ccc(C)cc1. The van der Waals surface area contributed by atoms with Gasteiger partial charge in [-0.1, -0.05) is 48.6 Å². The van der Waals surface area contributed by atoms with Crippen molar-refractivity contribution >= 4 is 5.57 Å². The molecule has 0 aliphatic carbocycles. The smallest absolute Gasteiger partial charge is 0.303 e. The lowest BCUT2D eigenvalue weighted by Crippen LogP contribution is -2.29. The van der Waals surface area contributed by atoms with Crippen LogP contribution in [0.15, 0.2) is 53.9 Å². The van der Waals surface area contributed by atoms with Crippen molar-refractivity contribution in [3.8, 4) is 6.07 Å². The van der Waals surface area contributed by atoms with Crippen LogP contribution >= 0.6 is 0 Å². The summed E-state index contributed by atoms with van der Waals surface area (Å²) in [6.45, 7) is 7.39. The fourth-order valence-corrected chi connectivity index (χ4v) is 2.56. The number of nitriles is 1. The first kappa shape index (κ1) is 19.3. The summed E-state index contributed by atoms with van der Waals surface area (Å²) in [5.41, 5.74) is -1.11. The van der Waals surface area contributed by atoms with Gasteiger partial charge in [-0.25, -0.2) is 0 Å². The Kier molecular flexibility index (Phi) is 5.51. The summed E-state index contributed by atoms with van der Waals surface area (Å²) in [7, 11) is 0. The first-order chi connectivity index (χ1) is 12.2. The number of alkyl halides is 3. The van der Waals surface area contributed by atoms with Crippen LogP contribution in [-0.2, 0) is 12.7 Å². The van der Waals surface area contributed by atoms with Crippen molar-refractivity contribution in [2.75, 3.05) is 0 Å². The van der Waals surface area contributed by atoms with E-state index in [-0.39, 0.29) is 17.8 Å². The van der Waals surface area contributed by atoms with E-state index in [4.69, 9.17) is 5.26 Å². The van der Waals surface area contributed by atoms with E-state index >= 15 is 0 Å². The van der Waals surface area contributed by atoms with Gasteiger partial charge in [0.15, 0.2) is 0 Å². The zero-order valence-electron chi connectivity index (χ0n) is 14.4. The van der Waals surface area contributed by atoms with Gasteiger partial charge >= 0.3 is 6.18 Å². The molecule has 1 aromatic carbocycles. The van der Waals surface area contributed by atoms with Gasteiger partial charge in [-0.2, -0.15) is 18.4 Å². The van der Waals surface area contributed by atoms with Crippen molar-refractivity contribution in [1.82, 2.24) is 4.57 Å². The Morgan fingerprint density at radius 2 is 1.92 bits per heavy atom. The van der Waals surface area contributed by atoms with Crippen LogP contribution in [0, 0.1) is 18.3 Å². The molecule has 26 heavy (non-hydrogen) atoms. The molecule has 0 bridgehead atoms. The average Bonchev–Trinajstić information content (AvgIpc) is 2.57. The molecule has 0 spiro atoms. The molecule has 0 aliphatic rings. The van der Waals surface area contributed by atoms with E-state index in [2.05, 4.69) is 6.58 Å². The lowest BCUT2D eigenvalue weighted by molar-refractivity contribution is -0.138. The van der Waals surface area contributed by atoms with Crippen molar-refractivity contribution in [3.63, 3.8) is 0 Å². The van der Waals surface area contributed by atoms with E-state index in [0.717, 1.165) is 21.8 Å². The maximum atomic E-state index is 13.3. The van der Waals surface area contributed by atoms with Crippen molar-refractivity contribution < 1.29 is 13.2 Å². The Hall–Kier alpha value is -3.07. The largest absolute Gasteiger partial charge is 0.417 e. The van der Waals surface area contributed by atoms with Crippen LogP contribution in [-0.4, -0.2) is 4.57 Å². The summed E-state index contributed by atoms with van der Waals surface area (Å²) in [4.78, 5) is 12.6. The quantitative estimate of drug-likeness (QED) is 0.745. The molecular formula is C20H17F3N2O. The summed E-state index contributed by atoms with van der Waals surface area (Å²) >= 11 is 0. The van der Waals surface area contributed by atoms with Crippen LogP contribution in [0.4, 0.5) is 13.2 Å². The molecule has 1 aromatic heterocycles. The van der Waals surface area contributed by atoms with Crippen LogP contribution in [0.1, 0.15) is 34.9 Å². The molecule has 134 valence electrons. The van der Waals surface area contributed by atoms with E-state index in [9.17, 15) is 18.0 Å². The lowest BCUT2D eigenvalue weighted by atomic mass is 10.0. The number of allylic oxidation sites excluding steroid dienone is 3. The molecule has 3 nitrogen and oxygen atoms in total. The molecule has 0 aliphatic heterocycles. The van der Waals surface area contributed by atoms with Gasteiger partial charge in [0.1, 0.15) is 11.6 Å². The molecular weight excluding hydrogens is 341 g/mol. The fraction of sp³-hybridized carbons (Fsp3) is 0.200. The van der Waals surface area contributed by atoms with Crippen molar-refractivity contribution in [2.45, 2.75) is 26.6 Å². The molecule has 2 rings (SSSR count). The number of aryl methyl sites for hydroxylation is 1. The number of rotatable bonds is 4. The molecule has 0 fully saturated rings. The normalized spacial score (nSPS) is 11.5. The molecule has 0 N–H and O–H groups in total. The number of aromatic nitrogens is 1. The predicted molar refractivity (Wildman–Crippen MR) is 94.5 cm³/mol. The van der Waals surface area contributed by atoms with E-state index < -0.39 is 22.9 Å². The number of hydrogen-bond acceptors (Lipinski definition) is 2. The Morgan fingerprint density at radius 3 is 2.42 bits per heavy atom. The van der Waals surface area contributed by atoms with Gasteiger partial charge in [0.05, 0.1) is 17.8 Å². The van der Waals surface area contributed by atoms with E-state index in [1.54, 1.807) is 25.1 Å². The first-order valence-electron chi connectivity index (χ1n) is 7.81. The van der Waals surface area contributed by atoms with Gasteiger partial charge in [0.25, 0.3) is 5.56 Å². The van der Waals surface area contributed by atoms with Crippen LogP contribution in [0.5, 0.6) is 0 Å². The molecule has 0 atom stereocenters. The highest BCUT2D eigenvalue weighted by Gasteiger charge is 2.36. The molecule has 0 amide bonds. The minimum Gasteiger partial charge on any atom is -0.303 e. The minimum atomic E-state index is -4.81. The van der Waals surface area contributed by atoms with Gasteiger partial charge in [-0.05, 0) is 31.1 Å². The van der Waals surface area contributed by atoms with Crippen LogP contribution in [0.3, 0.4) is 0 Å². The van der Waals surface area contributed by atoms with Gasteiger partial charge in [0, 0.05) is 0 Å². The second kappa shape index (κ2) is 7.44. The molecule has 1 heterocycles. The highest BCUT2D eigenvalue weighted by Crippen LogP contribution is 2.32. The fourth-order valence-electron chi connectivity index (χ4n) is 2.56. The van der Waals surface area contributed by atoms with E-state index in [0.29, 0.717) is 0 Å². The van der Waals surface area contributed by atoms with E-state index in [1.165, 1.54) is 12.1 Å². The number of nitrogens with zero attached hydrogens (tertiary/aromatic N) is 2. The standard InChI is InChI=1S/C20H17F3N2O/c1-4-5-14(3)18-10-17(20(21,22)23)16(11-24)19(26)25(18)12-15-8-6-13(2)7-9-15/h4-10H,3,12H2,1-2H3. The molecule has 6 heteroatoms. The summed E-state index contributed by atoms with van der Waals surface area (Å²) < 4.78 is 41.1. The third-order valence-corrected chi connectivity index (χ3v) is 3.88. The van der Waals surface area contributed by atoms with Gasteiger partial charge in [0.2, 0.25) is 0 Å². The number of halogens is 3. The van der Waals surface area contributed by atoms with Crippen LogP contribution in [0.2, 0.25) is 0 Å². The third-order valence-electron chi connectivity index (χ3n) is 3.88. The second-order valence-electron chi connectivity index (χ2n) is 5.83. The van der Waals surface area contributed by atoms with Crippen LogP contribution in [0.25, 0.3) is 5.57 Å². The van der Waals surface area contributed by atoms with Gasteiger partial charge < -0.3 is 4.57 Å². The molecule has 0 saturated carbocycles. The average molecular weight is 358 g/mol. The minimum absolute atomic E-state index is 0.0278. The number of benzene rings is 1. The zero-order chi connectivity index (χ0) is 19.5. The topological polar surface area (TPSA) is 45.8 Å². The number of hydrogen-bond donors (Lipinski definition) is 0. The zero-order valence-corrected chi connectivity index (χ0v) is 14.4. The third kappa shape index (κ3) is 3.94. The summed E-state index contributed by atoms with van der Waals surface area (Å²) in [6.07, 6.45) is -1.67.